The minimum Gasteiger partial charge on any atom is -0.462 e. The van der Waals surface area contributed by atoms with Crippen molar-refractivity contribution in [3.05, 3.63) is 53.6 Å². The number of anilines is 1. The molecule has 0 aromatic heterocycles. The van der Waals surface area contributed by atoms with Crippen LogP contribution in [0.4, 0.5) is 5.69 Å². The van der Waals surface area contributed by atoms with Gasteiger partial charge in [0, 0.05) is 11.6 Å². The maximum absolute atomic E-state index is 12.9. The summed E-state index contributed by atoms with van der Waals surface area (Å²) in [6.07, 6.45) is 1.80. The summed E-state index contributed by atoms with van der Waals surface area (Å²) < 4.78 is 11.6. The minimum atomic E-state index is -0.266. The molecule has 2 aromatic rings. The van der Waals surface area contributed by atoms with Crippen LogP contribution in [0.15, 0.2) is 42.5 Å². The molecule has 3 aliphatic rings. The number of hydrogen-bond acceptors (Lipinski definition) is 4. The summed E-state index contributed by atoms with van der Waals surface area (Å²) in [5.41, 5.74) is 3.03. The fourth-order valence-electron chi connectivity index (χ4n) is 5.53. The molecule has 2 bridgehead atoms. The average Bonchev–Trinajstić information content (AvgIpc) is 3.32. The molecule has 0 unspecified atom stereocenters. The second-order valence-corrected chi connectivity index (χ2v) is 9.23. The number of nitrogens with one attached hydrogen (secondary N) is 1. The number of hydrogen-bond donors (Lipinski definition) is 1. The van der Waals surface area contributed by atoms with E-state index < -0.39 is 0 Å². The molecule has 2 aliphatic carbocycles. The smallest absolute Gasteiger partial charge is 0.310 e. The Bertz CT molecular complexity index is 995. The Labute approximate surface area is 176 Å². The Hall–Kier alpha value is -2.82. The van der Waals surface area contributed by atoms with Crippen molar-refractivity contribution in [1.29, 1.82) is 0 Å². The van der Waals surface area contributed by atoms with Crippen LogP contribution in [0.1, 0.15) is 43.7 Å². The first-order chi connectivity index (χ1) is 14.4. The van der Waals surface area contributed by atoms with Gasteiger partial charge in [-0.2, -0.15) is 0 Å². The van der Waals surface area contributed by atoms with Crippen molar-refractivity contribution < 1.29 is 19.1 Å². The molecular formula is C25H27NO4. The van der Waals surface area contributed by atoms with Crippen molar-refractivity contribution in [2.75, 3.05) is 5.32 Å². The first-order valence-corrected chi connectivity index (χ1v) is 10.8. The normalized spacial score (nSPS) is 28.7. The Morgan fingerprint density at radius 1 is 1.13 bits per heavy atom. The van der Waals surface area contributed by atoms with Crippen LogP contribution in [0.5, 0.6) is 11.5 Å². The van der Waals surface area contributed by atoms with Gasteiger partial charge in [-0.3, -0.25) is 9.59 Å². The van der Waals surface area contributed by atoms with Crippen molar-refractivity contribution in [2.24, 2.45) is 23.7 Å². The predicted molar refractivity (Wildman–Crippen MR) is 113 cm³/mol. The molecule has 2 saturated carbocycles. The molecule has 5 nitrogen and oxygen atoms in total. The fraction of sp³-hybridized carbons (Fsp3) is 0.440. The number of rotatable bonds is 5. The van der Waals surface area contributed by atoms with Gasteiger partial charge in [0.1, 0.15) is 17.6 Å². The molecule has 5 atom stereocenters. The third kappa shape index (κ3) is 3.17. The van der Waals surface area contributed by atoms with Gasteiger partial charge in [0.15, 0.2) is 0 Å². The molecule has 30 heavy (non-hydrogen) atoms. The Balaban J connectivity index is 1.28. The largest absolute Gasteiger partial charge is 0.462 e. The van der Waals surface area contributed by atoms with Gasteiger partial charge in [-0.05, 0) is 73.1 Å². The summed E-state index contributed by atoms with van der Waals surface area (Å²) in [6, 6.07) is 13.7. The highest BCUT2D eigenvalue weighted by Crippen LogP contribution is 2.57. The standard InChI is InChI=1S/C25H27NO4/c1-13(2)18-9-4-14(3)10-20(18)29-17-7-5-16(6-8-17)26-24(27)22-15-11-19-21(12-15)30-25(28)23(19)22/h4-10,13,15,19,21-23H,11-12H2,1-3H3,(H,26,27)/t15-,19+,21+,22-,23+/m1/s1. The van der Waals surface area contributed by atoms with E-state index in [2.05, 4.69) is 31.3 Å². The Kier molecular flexibility index (Phi) is 4.57. The van der Waals surface area contributed by atoms with E-state index in [-0.39, 0.29) is 41.7 Å². The zero-order valence-corrected chi connectivity index (χ0v) is 17.6. The summed E-state index contributed by atoms with van der Waals surface area (Å²) in [5.74, 6) is 1.66. The van der Waals surface area contributed by atoms with Crippen molar-refractivity contribution in [1.82, 2.24) is 0 Å². The number of fused-ring (bicyclic) bond motifs is 1. The highest BCUT2D eigenvalue weighted by atomic mass is 16.6. The molecule has 1 N–H and O–H groups in total. The molecule has 1 amide bonds. The lowest BCUT2D eigenvalue weighted by Crippen LogP contribution is -2.35. The number of amides is 1. The van der Waals surface area contributed by atoms with E-state index in [9.17, 15) is 9.59 Å². The van der Waals surface area contributed by atoms with Gasteiger partial charge >= 0.3 is 5.97 Å². The number of ether oxygens (including phenoxy) is 2. The van der Waals surface area contributed by atoms with Crippen LogP contribution < -0.4 is 10.1 Å². The summed E-state index contributed by atoms with van der Waals surface area (Å²) >= 11 is 0. The van der Waals surface area contributed by atoms with Crippen LogP contribution in [0.25, 0.3) is 0 Å². The monoisotopic (exact) mass is 405 g/mol. The van der Waals surface area contributed by atoms with Crippen LogP contribution in [0, 0.1) is 30.6 Å². The van der Waals surface area contributed by atoms with Gasteiger partial charge in [0.05, 0.1) is 11.8 Å². The summed E-state index contributed by atoms with van der Waals surface area (Å²) in [5, 5.41) is 3.00. The molecule has 1 aliphatic heterocycles. The van der Waals surface area contributed by atoms with Crippen LogP contribution in [0.3, 0.4) is 0 Å². The molecular weight excluding hydrogens is 378 g/mol. The first-order valence-electron chi connectivity index (χ1n) is 10.8. The Morgan fingerprint density at radius 2 is 1.90 bits per heavy atom. The topological polar surface area (TPSA) is 64.6 Å². The van der Waals surface area contributed by atoms with Crippen LogP contribution in [0.2, 0.25) is 0 Å². The lowest BCUT2D eigenvalue weighted by atomic mass is 9.79. The first kappa shape index (κ1) is 19.2. The van der Waals surface area contributed by atoms with Gasteiger partial charge in [-0.1, -0.05) is 26.0 Å². The second kappa shape index (κ2) is 7.15. The van der Waals surface area contributed by atoms with Crippen LogP contribution >= 0.6 is 0 Å². The van der Waals surface area contributed by atoms with E-state index in [1.165, 1.54) is 0 Å². The van der Waals surface area contributed by atoms with Crippen molar-refractivity contribution >= 4 is 17.6 Å². The number of esters is 1. The maximum atomic E-state index is 12.9. The Morgan fingerprint density at radius 3 is 2.63 bits per heavy atom. The van der Waals surface area contributed by atoms with E-state index in [1.807, 2.05) is 37.3 Å². The van der Waals surface area contributed by atoms with E-state index >= 15 is 0 Å². The minimum absolute atomic E-state index is 0.0466. The van der Waals surface area contributed by atoms with Gasteiger partial charge < -0.3 is 14.8 Å². The fourth-order valence-corrected chi connectivity index (χ4v) is 5.53. The van der Waals surface area contributed by atoms with E-state index in [0.717, 1.165) is 35.5 Å². The molecule has 5 heteroatoms. The molecule has 3 fully saturated rings. The SMILES string of the molecule is Cc1ccc(C(C)C)c(Oc2ccc(NC(=O)[C@@H]3[C@@H]4C[C@@H]5[C@@H]3C(=O)O[C@H]5C4)cc2)c1. The highest BCUT2D eigenvalue weighted by molar-refractivity contribution is 5.97. The van der Waals surface area contributed by atoms with Crippen LogP contribution in [-0.4, -0.2) is 18.0 Å². The third-order valence-electron chi connectivity index (χ3n) is 6.93. The predicted octanol–water partition coefficient (Wildman–Crippen LogP) is 5.05. The van der Waals surface area contributed by atoms with Gasteiger partial charge in [0.2, 0.25) is 5.91 Å². The molecule has 0 radical (unpaired) electrons. The summed E-state index contributed by atoms with van der Waals surface area (Å²) in [4.78, 5) is 25.1. The number of carbonyl (C=O) groups is 2. The zero-order chi connectivity index (χ0) is 21.0. The van der Waals surface area contributed by atoms with Gasteiger partial charge in [-0.15, -0.1) is 0 Å². The molecule has 0 spiro atoms. The molecule has 2 aromatic carbocycles. The van der Waals surface area contributed by atoms with Crippen molar-refractivity contribution in [2.45, 2.75) is 45.6 Å². The highest BCUT2D eigenvalue weighted by Gasteiger charge is 2.63. The lowest BCUT2D eigenvalue weighted by Gasteiger charge is -2.23. The average molecular weight is 405 g/mol. The quantitative estimate of drug-likeness (QED) is 0.707. The molecule has 1 heterocycles. The summed E-state index contributed by atoms with van der Waals surface area (Å²) in [7, 11) is 0. The number of carbonyl (C=O) groups excluding carboxylic acids is 2. The second-order valence-electron chi connectivity index (χ2n) is 9.23. The summed E-state index contributed by atoms with van der Waals surface area (Å²) in [6.45, 7) is 6.34. The van der Waals surface area contributed by atoms with E-state index in [1.54, 1.807) is 0 Å². The van der Waals surface area contributed by atoms with Crippen molar-refractivity contribution in [3.8, 4) is 11.5 Å². The third-order valence-corrected chi connectivity index (χ3v) is 6.93. The molecule has 156 valence electrons. The van der Waals surface area contributed by atoms with Gasteiger partial charge in [0.25, 0.3) is 0 Å². The van der Waals surface area contributed by atoms with E-state index in [0.29, 0.717) is 11.6 Å². The van der Waals surface area contributed by atoms with Gasteiger partial charge in [-0.25, -0.2) is 0 Å². The van der Waals surface area contributed by atoms with E-state index in [4.69, 9.17) is 9.47 Å². The lowest BCUT2D eigenvalue weighted by molar-refractivity contribution is -0.145. The molecule has 5 rings (SSSR count). The number of benzene rings is 2. The van der Waals surface area contributed by atoms with Crippen LogP contribution in [-0.2, 0) is 14.3 Å². The maximum Gasteiger partial charge on any atom is 0.310 e. The zero-order valence-electron chi connectivity index (χ0n) is 17.6. The molecule has 1 saturated heterocycles. The number of aryl methyl sites for hydroxylation is 1. The van der Waals surface area contributed by atoms with Crippen molar-refractivity contribution in [3.63, 3.8) is 0 Å².